The van der Waals surface area contributed by atoms with E-state index in [4.69, 9.17) is 0 Å². The summed E-state index contributed by atoms with van der Waals surface area (Å²) in [6.45, 7) is 0.235. The quantitative estimate of drug-likeness (QED) is 0.766. The summed E-state index contributed by atoms with van der Waals surface area (Å²) in [7, 11) is 3.48. The van der Waals surface area contributed by atoms with E-state index in [9.17, 15) is 9.18 Å². The first-order valence-electron chi connectivity index (χ1n) is 7.60. The number of nitrogens with zero attached hydrogens (tertiary/aromatic N) is 5. The van der Waals surface area contributed by atoms with Crippen molar-refractivity contribution in [3.8, 4) is 5.82 Å². The van der Waals surface area contributed by atoms with Gasteiger partial charge in [-0.15, -0.1) is 0 Å². The van der Waals surface area contributed by atoms with Gasteiger partial charge in [-0.3, -0.25) is 4.79 Å². The van der Waals surface area contributed by atoms with Gasteiger partial charge < -0.3 is 10.2 Å². The van der Waals surface area contributed by atoms with Crippen LogP contribution in [0.4, 0.5) is 10.1 Å². The molecule has 0 saturated carbocycles. The second-order valence-corrected chi connectivity index (χ2v) is 5.57. The number of amides is 1. The lowest BCUT2D eigenvalue weighted by Crippen LogP contribution is -2.24. The van der Waals surface area contributed by atoms with E-state index in [1.165, 1.54) is 23.4 Å². The van der Waals surface area contributed by atoms with Crippen molar-refractivity contribution in [2.24, 2.45) is 0 Å². The minimum atomic E-state index is -0.442. The molecule has 1 aromatic carbocycles. The number of halogens is 1. The van der Waals surface area contributed by atoms with Crippen molar-refractivity contribution in [1.82, 2.24) is 25.1 Å². The molecule has 0 saturated heterocycles. The highest BCUT2D eigenvalue weighted by molar-refractivity contribution is 5.94. The van der Waals surface area contributed by atoms with Crippen LogP contribution in [0.5, 0.6) is 0 Å². The Kier molecular flexibility index (Phi) is 4.69. The third-order valence-corrected chi connectivity index (χ3v) is 3.63. The first-order valence-corrected chi connectivity index (χ1v) is 7.60. The third kappa shape index (κ3) is 3.63. The van der Waals surface area contributed by atoms with Gasteiger partial charge >= 0.3 is 0 Å². The molecule has 0 spiro atoms. The first-order chi connectivity index (χ1) is 12.1. The van der Waals surface area contributed by atoms with E-state index >= 15 is 0 Å². The highest BCUT2D eigenvalue weighted by atomic mass is 19.1. The van der Waals surface area contributed by atoms with Crippen molar-refractivity contribution < 1.29 is 9.18 Å². The normalized spacial score (nSPS) is 10.5. The predicted molar refractivity (Wildman–Crippen MR) is 91.1 cm³/mol. The lowest BCUT2D eigenvalue weighted by atomic mass is 10.1. The molecular weight excluding hydrogens is 323 g/mol. The van der Waals surface area contributed by atoms with Gasteiger partial charge in [0, 0.05) is 38.0 Å². The van der Waals surface area contributed by atoms with Crippen molar-refractivity contribution in [3.63, 3.8) is 0 Å². The second-order valence-electron chi connectivity index (χ2n) is 5.57. The number of hydrogen-bond donors (Lipinski definition) is 1. The maximum Gasteiger partial charge on any atom is 0.251 e. The average molecular weight is 340 g/mol. The van der Waals surface area contributed by atoms with Crippen LogP contribution in [0.1, 0.15) is 15.9 Å². The van der Waals surface area contributed by atoms with Crippen molar-refractivity contribution in [2.45, 2.75) is 6.54 Å². The number of hydrogen-bond acceptors (Lipinski definition) is 5. The highest BCUT2D eigenvalue weighted by Crippen LogP contribution is 2.18. The molecule has 0 unspecified atom stereocenters. The SMILES string of the molecule is CN(C)c1ccc(C(=O)NCc2cccnc2-n2cncn2)cc1F. The molecule has 0 atom stereocenters. The van der Waals surface area contributed by atoms with Gasteiger partial charge in [-0.2, -0.15) is 5.10 Å². The lowest BCUT2D eigenvalue weighted by molar-refractivity contribution is 0.0950. The fraction of sp³-hybridized carbons (Fsp3) is 0.176. The molecule has 7 nitrogen and oxygen atoms in total. The van der Waals surface area contributed by atoms with Gasteiger partial charge in [0.05, 0.1) is 5.69 Å². The average Bonchev–Trinajstić information content (AvgIpc) is 3.14. The van der Waals surface area contributed by atoms with Crippen molar-refractivity contribution >= 4 is 11.6 Å². The number of carbonyl (C=O) groups excluding carboxylic acids is 1. The molecule has 1 N–H and O–H groups in total. The molecule has 0 bridgehead atoms. The van der Waals surface area contributed by atoms with Crippen molar-refractivity contribution in [3.05, 3.63) is 66.1 Å². The van der Waals surface area contributed by atoms with E-state index in [-0.39, 0.29) is 18.0 Å². The van der Waals surface area contributed by atoms with Crippen LogP contribution in [-0.2, 0) is 6.54 Å². The van der Waals surface area contributed by atoms with E-state index in [0.29, 0.717) is 11.5 Å². The monoisotopic (exact) mass is 340 g/mol. The van der Waals surface area contributed by atoms with Crippen LogP contribution in [0.3, 0.4) is 0 Å². The Morgan fingerprint density at radius 2 is 2.16 bits per heavy atom. The van der Waals surface area contributed by atoms with Crippen LogP contribution in [-0.4, -0.2) is 39.8 Å². The van der Waals surface area contributed by atoms with Gasteiger partial charge in [0.2, 0.25) is 0 Å². The van der Waals surface area contributed by atoms with Gasteiger partial charge in [0.1, 0.15) is 18.5 Å². The van der Waals surface area contributed by atoms with E-state index in [0.717, 1.165) is 5.56 Å². The second kappa shape index (κ2) is 7.08. The Morgan fingerprint density at radius 3 is 2.84 bits per heavy atom. The van der Waals surface area contributed by atoms with Crippen molar-refractivity contribution in [1.29, 1.82) is 0 Å². The summed E-state index contributed by atoms with van der Waals surface area (Å²) in [5, 5.41) is 6.82. The van der Waals surface area contributed by atoms with Crippen LogP contribution in [0.25, 0.3) is 5.82 Å². The summed E-state index contributed by atoms with van der Waals surface area (Å²) in [6, 6.07) is 8.00. The Hall–Kier alpha value is -3.29. The van der Waals surface area contributed by atoms with Gasteiger partial charge in [0.25, 0.3) is 5.91 Å². The van der Waals surface area contributed by atoms with Crippen LogP contribution < -0.4 is 10.2 Å². The first kappa shape index (κ1) is 16.6. The fourth-order valence-corrected chi connectivity index (χ4v) is 2.38. The highest BCUT2D eigenvalue weighted by Gasteiger charge is 2.12. The van der Waals surface area contributed by atoms with Gasteiger partial charge in [-0.25, -0.2) is 19.0 Å². The molecule has 128 valence electrons. The van der Waals surface area contributed by atoms with E-state index in [2.05, 4.69) is 20.4 Å². The van der Waals surface area contributed by atoms with Crippen LogP contribution >= 0.6 is 0 Å². The number of rotatable bonds is 5. The Balaban J connectivity index is 1.74. The zero-order valence-corrected chi connectivity index (χ0v) is 13.8. The number of aromatic nitrogens is 4. The maximum absolute atomic E-state index is 14.0. The molecule has 0 aliphatic carbocycles. The molecule has 25 heavy (non-hydrogen) atoms. The third-order valence-electron chi connectivity index (χ3n) is 3.63. The van der Waals surface area contributed by atoms with Gasteiger partial charge in [-0.05, 0) is 24.3 Å². The predicted octanol–water partition coefficient (Wildman–Crippen LogP) is 1.80. The number of anilines is 1. The number of pyridine rings is 1. The summed E-state index contributed by atoms with van der Waals surface area (Å²) in [5.41, 5.74) is 1.46. The summed E-state index contributed by atoms with van der Waals surface area (Å²) >= 11 is 0. The molecule has 1 amide bonds. The van der Waals surface area contributed by atoms with Crippen molar-refractivity contribution in [2.75, 3.05) is 19.0 Å². The molecule has 0 radical (unpaired) electrons. The largest absolute Gasteiger partial charge is 0.375 e. The number of carbonyl (C=O) groups is 1. The summed E-state index contributed by atoms with van der Waals surface area (Å²) in [4.78, 5) is 22.1. The Labute approximate surface area is 144 Å². The lowest BCUT2D eigenvalue weighted by Gasteiger charge is -2.14. The Bertz CT molecular complexity index is 879. The molecule has 3 aromatic rings. The molecular formula is C17H17FN6O. The minimum Gasteiger partial charge on any atom is -0.375 e. The van der Waals surface area contributed by atoms with E-state index in [1.54, 1.807) is 43.4 Å². The molecule has 2 aromatic heterocycles. The summed E-state index contributed by atoms with van der Waals surface area (Å²) < 4.78 is 15.5. The number of benzene rings is 1. The summed E-state index contributed by atoms with van der Waals surface area (Å²) in [6.07, 6.45) is 4.58. The zero-order chi connectivity index (χ0) is 17.8. The van der Waals surface area contributed by atoms with Gasteiger partial charge in [0.15, 0.2) is 5.82 Å². The Morgan fingerprint density at radius 1 is 1.32 bits per heavy atom. The van der Waals surface area contributed by atoms with Gasteiger partial charge in [-0.1, -0.05) is 6.07 Å². The molecule has 0 aliphatic heterocycles. The molecule has 0 aliphatic rings. The summed E-state index contributed by atoms with van der Waals surface area (Å²) in [5.74, 6) is -0.227. The van der Waals surface area contributed by atoms with Crippen LogP contribution in [0.15, 0.2) is 49.2 Å². The smallest absolute Gasteiger partial charge is 0.251 e. The molecule has 2 heterocycles. The minimum absolute atomic E-state index is 0.235. The van der Waals surface area contributed by atoms with Crippen LogP contribution in [0.2, 0.25) is 0 Å². The standard InChI is InChI=1S/C17H17FN6O/c1-23(2)15-6-5-12(8-14(15)18)17(25)21-9-13-4-3-7-20-16(13)24-11-19-10-22-24/h3-8,10-11H,9H2,1-2H3,(H,21,25). The number of nitrogens with one attached hydrogen (secondary N) is 1. The van der Waals surface area contributed by atoms with E-state index in [1.807, 2.05) is 6.07 Å². The topological polar surface area (TPSA) is 75.9 Å². The van der Waals surface area contributed by atoms with Crippen LogP contribution in [0, 0.1) is 5.82 Å². The fourth-order valence-electron chi connectivity index (χ4n) is 2.38. The maximum atomic E-state index is 14.0. The molecule has 3 rings (SSSR count). The molecule has 8 heteroatoms. The zero-order valence-electron chi connectivity index (χ0n) is 13.8. The molecule has 0 fully saturated rings. The van der Waals surface area contributed by atoms with E-state index < -0.39 is 5.82 Å².